The second-order valence-electron chi connectivity index (χ2n) is 2.17. The Labute approximate surface area is 87.9 Å². The van der Waals surface area contributed by atoms with Crippen molar-refractivity contribution in [1.82, 2.24) is 28.6 Å². The molecule has 0 spiro atoms. The second-order valence-corrected chi connectivity index (χ2v) is 3.19. The average molecular weight is 245 g/mol. The minimum absolute atomic E-state index is 0. The summed E-state index contributed by atoms with van der Waals surface area (Å²) in [5.74, 6) is 0. The Hall–Kier alpha value is -0.800. The molecule has 1 heterocycles. The largest absolute Gasteiger partial charge is 0.466 e. The predicted octanol–water partition coefficient (Wildman–Crippen LogP) is 0.584. The van der Waals surface area contributed by atoms with Crippen molar-refractivity contribution in [3.05, 3.63) is 17.5 Å². The third-order valence-electron chi connectivity index (χ3n) is 1.08. The van der Waals surface area contributed by atoms with E-state index in [4.69, 9.17) is 19.2 Å². The molecule has 1 aromatic rings. The quantitative estimate of drug-likeness (QED) is 0.320. The van der Waals surface area contributed by atoms with Crippen molar-refractivity contribution >= 4 is 7.82 Å². The van der Waals surface area contributed by atoms with Crippen LogP contribution in [0.4, 0.5) is 0 Å². The zero-order chi connectivity index (χ0) is 9.78. The highest BCUT2D eigenvalue weighted by Crippen LogP contribution is 2.25. The molecule has 0 bridgehead atoms. The summed E-state index contributed by atoms with van der Waals surface area (Å²) in [5, 5.41) is 6.64. The molecule has 10 heteroatoms. The topological polar surface area (TPSA) is 211 Å². The smallest absolute Gasteiger partial charge is 0.344 e. The highest BCUT2D eigenvalue weighted by Gasteiger charge is 2.00. The summed E-state index contributed by atoms with van der Waals surface area (Å²) in [4.78, 5) is 21.6. The lowest BCUT2D eigenvalue weighted by Crippen LogP contribution is -1.70. The van der Waals surface area contributed by atoms with Gasteiger partial charge in [-0.15, -0.1) is 0 Å². The van der Waals surface area contributed by atoms with Crippen molar-refractivity contribution in [2.45, 2.75) is 13.8 Å². The van der Waals surface area contributed by atoms with Gasteiger partial charge in [-0.05, 0) is 19.4 Å². The highest BCUT2D eigenvalue weighted by molar-refractivity contribution is 7.45. The van der Waals surface area contributed by atoms with Crippen molar-refractivity contribution in [2.75, 3.05) is 0 Å². The van der Waals surface area contributed by atoms with E-state index in [0.29, 0.717) is 0 Å². The first-order valence-electron chi connectivity index (χ1n) is 3.06. The summed E-state index contributed by atoms with van der Waals surface area (Å²) in [5.41, 5.74) is 2.31. The Morgan fingerprint density at radius 2 is 1.53 bits per heavy atom. The Kier molecular flexibility index (Phi) is 15.4. The summed E-state index contributed by atoms with van der Waals surface area (Å²) in [7, 11) is -4.64. The molecule has 0 atom stereocenters. The lowest BCUT2D eigenvalue weighted by Gasteiger charge is -1.82. The fourth-order valence-corrected chi connectivity index (χ4v) is 0.419. The van der Waals surface area contributed by atoms with Gasteiger partial charge >= 0.3 is 7.82 Å². The van der Waals surface area contributed by atoms with Gasteiger partial charge in [0.1, 0.15) is 0 Å². The van der Waals surface area contributed by atoms with E-state index in [0.717, 1.165) is 5.69 Å². The van der Waals surface area contributed by atoms with E-state index in [-0.39, 0.29) is 18.5 Å². The first-order chi connectivity index (χ1) is 5.30. The van der Waals surface area contributed by atoms with Gasteiger partial charge in [-0.3, -0.25) is 5.10 Å². The number of H-pyrrole nitrogens is 1. The Balaban J connectivity index is -0.0000000701. The van der Waals surface area contributed by atoms with E-state index in [1.54, 1.807) is 0 Å². The van der Waals surface area contributed by atoms with Crippen molar-refractivity contribution in [2.24, 2.45) is 0 Å². The summed E-state index contributed by atoms with van der Waals surface area (Å²) in [6, 6.07) is 0. The van der Waals surface area contributed by atoms with Crippen LogP contribution in [0, 0.1) is 13.8 Å². The van der Waals surface area contributed by atoms with Crippen molar-refractivity contribution in [3.8, 4) is 0 Å². The van der Waals surface area contributed by atoms with Crippen LogP contribution in [0.15, 0.2) is 6.20 Å². The van der Waals surface area contributed by atoms with Crippen LogP contribution in [-0.2, 0) is 4.57 Å². The van der Waals surface area contributed by atoms with Crippen LogP contribution < -0.4 is 18.5 Å². The molecule has 0 amide bonds. The molecule has 0 saturated carbocycles. The van der Waals surface area contributed by atoms with Crippen LogP contribution in [0.25, 0.3) is 0 Å². The highest BCUT2D eigenvalue weighted by atomic mass is 31.2. The Bertz CT molecular complexity index is 260. The first kappa shape index (κ1) is 23.8. The number of aromatic amines is 1. The van der Waals surface area contributed by atoms with Crippen molar-refractivity contribution < 1.29 is 19.2 Å². The molecule has 0 radical (unpaired) electrons. The third-order valence-corrected chi connectivity index (χ3v) is 1.08. The summed E-state index contributed by atoms with van der Waals surface area (Å²) in [6.07, 6.45) is 1.88. The van der Waals surface area contributed by atoms with Gasteiger partial charge < -0.3 is 33.1 Å². The summed E-state index contributed by atoms with van der Waals surface area (Å²) < 4.78 is 8.88. The average Bonchev–Trinajstić information content (AvgIpc) is 2.12. The zero-order valence-corrected chi connectivity index (χ0v) is 9.74. The maximum Gasteiger partial charge on any atom is 0.466 e. The number of hydrogen-bond donors (Lipinski definition) is 7. The number of nitrogens with zero attached hydrogens (tertiary/aromatic N) is 1. The van der Waals surface area contributed by atoms with Crippen LogP contribution in [-0.4, -0.2) is 24.9 Å². The van der Waals surface area contributed by atoms with E-state index in [9.17, 15) is 0 Å². The van der Waals surface area contributed by atoms with Gasteiger partial charge in [0.2, 0.25) is 0 Å². The molecule has 1 rings (SSSR count). The molecule has 13 N–H and O–H groups in total. The van der Waals surface area contributed by atoms with Gasteiger partial charge in [0.15, 0.2) is 0 Å². The Morgan fingerprint density at radius 1 is 1.20 bits per heavy atom. The van der Waals surface area contributed by atoms with E-state index in [2.05, 4.69) is 10.2 Å². The first-order valence-corrected chi connectivity index (χ1v) is 4.62. The van der Waals surface area contributed by atoms with E-state index in [1.807, 2.05) is 20.0 Å². The molecule has 0 fully saturated rings. The van der Waals surface area contributed by atoms with Crippen LogP contribution in [0.1, 0.15) is 11.3 Å². The van der Waals surface area contributed by atoms with Gasteiger partial charge in [0.05, 0.1) is 5.69 Å². The molecule has 0 unspecified atom stereocenters. The second kappa shape index (κ2) is 9.74. The van der Waals surface area contributed by atoms with Crippen LogP contribution in [0.2, 0.25) is 0 Å². The molecular weight excluding hydrogens is 225 g/mol. The number of hydrogen-bond acceptors (Lipinski definition) is 5. The van der Waals surface area contributed by atoms with Gasteiger partial charge in [0.25, 0.3) is 0 Å². The molecule has 0 aliphatic rings. The molecule has 9 nitrogen and oxygen atoms in total. The molecule has 94 valence electrons. The maximum atomic E-state index is 8.88. The molecule has 0 aliphatic carbocycles. The monoisotopic (exact) mass is 245 g/mol. The molecular formula is C5H20N5O4P. The van der Waals surface area contributed by atoms with E-state index in [1.165, 1.54) is 5.56 Å². The minimum Gasteiger partial charge on any atom is -0.344 e. The number of aryl methyl sites for hydroxylation is 2. The van der Waals surface area contributed by atoms with Gasteiger partial charge in [-0.2, -0.15) is 5.10 Å². The van der Waals surface area contributed by atoms with Gasteiger partial charge in [-0.25, -0.2) is 4.57 Å². The number of aromatic nitrogens is 2. The van der Waals surface area contributed by atoms with Crippen LogP contribution in [0.5, 0.6) is 0 Å². The number of phosphoric acid groups is 1. The fraction of sp³-hybridized carbons (Fsp3) is 0.400. The molecule has 0 saturated heterocycles. The van der Waals surface area contributed by atoms with Crippen LogP contribution >= 0.6 is 7.82 Å². The minimum atomic E-state index is -4.64. The molecule has 0 aliphatic heterocycles. The van der Waals surface area contributed by atoms with Crippen molar-refractivity contribution in [3.63, 3.8) is 0 Å². The number of nitrogens with one attached hydrogen (secondary N) is 1. The SMILES string of the molecule is Cc1c[nH]nc1C.N.N.N.O=P(O)(O)O. The summed E-state index contributed by atoms with van der Waals surface area (Å²) in [6.45, 7) is 4.00. The lowest BCUT2D eigenvalue weighted by atomic mass is 10.3. The van der Waals surface area contributed by atoms with Gasteiger partial charge in [0, 0.05) is 6.20 Å². The predicted molar refractivity (Wildman–Crippen MR) is 57.4 cm³/mol. The van der Waals surface area contributed by atoms with E-state index >= 15 is 0 Å². The van der Waals surface area contributed by atoms with Crippen LogP contribution in [0.3, 0.4) is 0 Å². The summed E-state index contributed by atoms with van der Waals surface area (Å²) >= 11 is 0. The fourth-order valence-electron chi connectivity index (χ4n) is 0.419. The lowest BCUT2D eigenvalue weighted by molar-refractivity contribution is 0.275. The maximum absolute atomic E-state index is 8.88. The molecule has 1 aromatic heterocycles. The molecule has 0 aromatic carbocycles. The van der Waals surface area contributed by atoms with Crippen molar-refractivity contribution in [1.29, 1.82) is 0 Å². The third kappa shape index (κ3) is 19.6. The zero-order valence-electron chi connectivity index (χ0n) is 8.84. The normalized spacial score (nSPS) is 8.33. The standard InChI is InChI=1S/C5H8N2.3H3N.H3O4P/c1-4-3-6-7-5(4)2;;;;1-5(2,3)4/h3H,1-2H3,(H,6,7);3*1H3;(H3,1,2,3,4). The molecule has 15 heavy (non-hydrogen) atoms. The van der Waals surface area contributed by atoms with E-state index < -0.39 is 7.82 Å². The Morgan fingerprint density at radius 3 is 1.60 bits per heavy atom. The van der Waals surface area contributed by atoms with Gasteiger partial charge in [-0.1, -0.05) is 0 Å². The number of rotatable bonds is 0.